The molecule has 5 heterocycles. The maximum Gasteiger partial charge on any atom is 0.511 e. The van der Waals surface area contributed by atoms with Gasteiger partial charge in [0.2, 0.25) is 11.6 Å². The summed E-state index contributed by atoms with van der Waals surface area (Å²) in [5, 5.41) is 15.8. The normalized spacial score (nSPS) is 14.7. The van der Waals surface area contributed by atoms with Crippen molar-refractivity contribution in [3.8, 4) is 10.8 Å². The number of nitrogens with zero attached hydrogens (tertiary/aromatic N) is 9. The molecule has 0 atom stereocenters. The van der Waals surface area contributed by atoms with Crippen LogP contribution in [0, 0.1) is 6.92 Å². The number of halogens is 3. The monoisotopic (exact) mass is 556 g/mol. The van der Waals surface area contributed by atoms with Gasteiger partial charge >= 0.3 is 15.5 Å². The first kappa shape index (κ1) is 25.2. The molecule has 0 fully saturated rings. The molecule has 1 aliphatic heterocycles. The Labute approximate surface area is 211 Å². The zero-order valence-corrected chi connectivity index (χ0v) is 21.0. The van der Waals surface area contributed by atoms with Crippen LogP contribution in [0.2, 0.25) is 0 Å². The maximum absolute atomic E-state index is 13.0. The Hall–Kier alpha value is -3.51. The summed E-state index contributed by atoms with van der Waals surface area (Å²) in [5.74, 6) is 0.216. The second-order valence-electron chi connectivity index (χ2n) is 8.10. The molecule has 4 aromatic rings. The molecule has 37 heavy (non-hydrogen) atoms. The fourth-order valence-electron chi connectivity index (χ4n) is 3.77. The quantitative estimate of drug-likeness (QED) is 0.370. The average molecular weight is 557 g/mol. The third kappa shape index (κ3) is 4.55. The van der Waals surface area contributed by atoms with E-state index in [1.807, 2.05) is 13.8 Å². The van der Waals surface area contributed by atoms with Gasteiger partial charge in [-0.05, 0) is 18.9 Å². The SMILES string of the molecule is CCc1nc2ncc(C)cn2c1C(=O)NCc1nnc(-c2nc3n(n2)CCN(S(=O)(=O)C(F)(F)F)C3)s1. The summed E-state index contributed by atoms with van der Waals surface area (Å²) in [6.45, 7) is 2.76. The van der Waals surface area contributed by atoms with Gasteiger partial charge in [0.25, 0.3) is 5.91 Å². The molecule has 0 bridgehead atoms. The van der Waals surface area contributed by atoms with Gasteiger partial charge in [-0.15, -0.1) is 15.3 Å². The molecule has 0 aromatic carbocycles. The van der Waals surface area contributed by atoms with Crippen LogP contribution in [0.3, 0.4) is 0 Å². The molecule has 196 valence electrons. The second-order valence-corrected chi connectivity index (χ2v) is 11.1. The second kappa shape index (κ2) is 9.10. The molecule has 1 amide bonds. The molecule has 0 saturated heterocycles. The fourth-order valence-corrected chi connectivity index (χ4v) is 5.38. The average Bonchev–Trinajstić information content (AvgIpc) is 3.57. The number of carbonyl (C=O) groups is 1. The molecule has 4 aromatic heterocycles. The van der Waals surface area contributed by atoms with E-state index in [2.05, 4.69) is 35.6 Å². The zero-order chi connectivity index (χ0) is 26.5. The van der Waals surface area contributed by atoms with Crippen LogP contribution in [0.4, 0.5) is 13.2 Å². The third-order valence-corrected chi connectivity index (χ3v) is 8.04. The molecule has 1 aliphatic rings. The van der Waals surface area contributed by atoms with Crippen LogP contribution in [-0.4, -0.2) is 70.0 Å². The highest BCUT2D eigenvalue weighted by Crippen LogP contribution is 2.30. The van der Waals surface area contributed by atoms with E-state index in [0.29, 0.717) is 32.9 Å². The topological polar surface area (TPSA) is 153 Å². The minimum absolute atomic E-state index is 0.0529. The van der Waals surface area contributed by atoms with Crippen molar-refractivity contribution >= 4 is 33.0 Å². The Morgan fingerprint density at radius 1 is 1.22 bits per heavy atom. The Morgan fingerprint density at radius 3 is 2.73 bits per heavy atom. The predicted octanol–water partition coefficient (Wildman–Crippen LogP) is 1.31. The number of fused-ring (bicyclic) bond motifs is 2. The molecule has 13 nitrogen and oxygen atoms in total. The van der Waals surface area contributed by atoms with Gasteiger partial charge < -0.3 is 5.32 Å². The van der Waals surface area contributed by atoms with Crippen molar-refractivity contribution in [2.24, 2.45) is 0 Å². The molecule has 0 radical (unpaired) electrons. The molecule has 0 spiro atoms. The summed E-state index contributed by atoms with van der Waals surface area (Å²) >= 11 is 1.09. The third-order valence-electron chi connectivity index (χ3n) is 5.55. The van der Waals surface area contributed by atoms with E-state index in [1.54, 1.807) is 16.8 Å². The molecule has 0 saturated carbocycles. The summed E-state index contributed by atoms with van der Waals surface area (Å²) in [6.07, 6.45) is 3.98. The summed E-state index contributed by atoms with van der Waals surface area (Å²) in [5.41, 5.74) is -3.56. The number of amides is 1. The summed E-state index contributed by atoms with van der Waals surface area (Å²) in [4.78, 5) is 25.8. The van der Waals surface area contributed by atoms with Gasteiger partial charge in [0.1, 0.15) is 16.5 Å². The Balaban J connectivity index is 1.30. The highest BCUT2D eigenvalue weighted by molar-refractivity contribution is 7.89. The molecule has 18 heteroatoms. The van der Waals surface area contributed by atoms with Crippen LogP contribution in [0.15, 0.2) is 12.4 Å². The van der Waals surface area contributed by atoms with Crippen LogP contribution >= 0.6 is 11.3 Å². The number of aryl methyl sites for hydroxylation is 2. The molecule has 0 unspecified atom stereocenters. The number of alkyl halides is 3. The number of hydrogen-bond donors (Lipinski definition) is 1. The van der Waals surface area contributed by atoms with E-state index in [0.717, 1.165) is 16.9 Å². The molecular formula is C19H19F3N10O3S2. The van der Waals surface area contributed by atoms with Gasteiger partial charge in [0.05, 0.1) is 25.3 Å². The van der Waals surface area contributed by atoms with Gasteiger partial charge in [0.15, 0.2) is 5.01 Å². The minimum Gasteiger partial charge on any atom is -0.344 e. The van der Waals surface area contributed by atoms with Gasteiger partial charge in [-0.3, -0.25) is 9.20 Å². The Kier molecular flexibility index (Phi) is 6.19. The van der Waals surface area contributed by atoms with Crippen molar-refractivity contribution in [2.75, 3.05) is 6.54 Å². The van der Waals surface area contributed by atoms with Crippen LogP contribution in [0.1, 0.15) is 39.5 Å². The number of carbonyl (C=O) groups excluding carboxylic acids is 1. The number of aromatic nitrogens is 8. The molecular weight excluding hydrogens is 537 g/mol. The zero-order valence-electron chi connectivity index (χ0n) is 19.4. The first-order valence-electron chi connectivity index (χ1n) is 10.9. The van der Waals surface area contributed by atoms with Gasteiger partial charge in [-0.2, -0.15) is 17.5 Å². The lowest BCUT2D eigenvalue weighted by molar-refractivity contribution is -0.0496. The van der Waals surface area contributed by atoms with Crippen LogP contribution in [0.25, 0.3) is 16.6 Å². The lowest BCUT2D eigenvalue weighted by Crippen LogP contribution is -2.44. The first-order chi connectivity index (χ1) is 17.5. The highest BCUT2D eigenvalue weighted by Gasteiger charge is 2.50. The van der Waals surface area contributed by atoms with Gasteiger partial charge in [-0.25, -0.2) is 28.1 Å². The van der Waals surface area contributed by atoms with Crippen molar-refractivity contribution < 1.29 is 26.4 Å². The van der Waals surface area contributed by atoms with Crippen molar-refractivity contribution in [3.63, 3.8) is 0 Å². The van der Waals surface area contributed by atoms with E-state index in [-0.39, 0.29) is 42.2 Å². The highest BCUT2D eigenvalue weighted by atomic mass is 32.2. The van der Waals surface area contributed by atoms with E-state index in [9.17, 15) is 26.4 Å². The van der Waals surface area contributed by atoms with E-state index in [1.165, 1.54) is 4.68 Å². The molecule has 1 N–H and O–H groups in total. The number of rotatable bonds is 6. The van der Waals surface area contributed by atoms with Crippen LogP contribution < -0.4 is 5.32 Å². The largest absolute Gasteiger partial charge is 0.511 e. The van der Waals surface area contributed by atoms with Crippen molar-refractivity contribution in [1.82, 2.24) is 49.0 Å². The lowest BCUT2D eigenvalue weighted by Gasteiger charge is -2.26. The van der Waals surface area contributed by atoms with Gasteiger partial charge in [0, 0.05) is 18.9 Å². The molecule has 0 aliphatic carbocycles. The van der Waals surface area contributed by atoms with E-state index in [4.69, 9.17) is 0 Å². The minimum atomic E-state index is -5.47. The van der Waals surface area contributed by atoms with Crippen molar-refractivity contribution in [2.45, 2.75) is 45.4 Å². The maximum atomic E-state index is 13.0. The van der Waals surface area contributed by atoms with Gasteiger partial charge in [-0.1, -0.05) is 18.3 Å². The molecule has 5 rings (SSSR count). The summed E-state index contributed by atoms with van der Waals surface area (Å²) < 4.78 is 65.4. The predicted molar refractivity (Wildman–Crippen MR) is 123 cm³/mol. The number of sulfonamides is 1. The number of nitrogens with one attached hydrogen (secondary N) is 1. The van der Waals surface area contributed by atoms with Crippen molar-refractivity contribution in [3.05, 3.63) is 40.2 Å². The summed E-state index contributed by atoms with van der Waals surface area (Å²) in [7, 11) is -5.47. The first-order valence-corrected chi connectivity index (χ1v) is 13.2. The van der Waals surface area contributed by atoms with Crippen molar-refractivity contribution in [1.29, 1.82) is 0 Å². The standard InChI is InChI=1S/C19H19F3N10O3S2/c1-3-11-14(31-8-10(2)6-24-18(31)25-11)16(33)23-7-13-27-28-17(36-13)15-26-12-9-30(4-5-32(12)29-15)37(34,35)19(20,21)22/h6,8H,3-5,7,9H2,1-2H3,(H,23,33). The van der Waals surface area contributed by atoms with Crippen LogP contribution in [0.5, 0.6) is 0 Å². The van der Waals surface area contributed by atoms with E-state index >= 15 is 0 Å². The van der Waals surface area contributed by atoms with Crippen LogP contribution in [-0.2, 0) is 36.1 Å². The Morgan fingerprint density at radius 2 is 2.00 bits per heavy atom. The Bertz CT molecular complexity index is 1610. The lowest BCUT2D eigenvalue weighted by atomic mass is 10.2. The number of hydrogen-bond acceptors (Lipinski definition) is 10. The van der Waals surface area contributed by atoms with E-state index < -0.39 is 22.1 Å². The smallest absolute Gasteiger partial charge is 0.344 e. The fraction of sp³-hybridized carbons (Fsp3) is 0.421. The number of imidazole rings is 1. The summed E-state index contributed by atoms with van der Waals surface area (Å²) in [6, 6.07) is 0.